The van der Waals surface area contributed by atoms with Crippen LogP contribution in [-0.4, -0.2) is 39.2 Å². The molecule has 0 aromatic heterocycles. The number of thioether (sulfide) groups is 1. The molecule has 8 nitrogen and oxygen atoms in total. The minimum absolute atomic E-state index is 0.188. The summed E-state index contributed by atoms with van der Waals surface area (Å²) in [5.41, 5.74) is -0.113. The first-order valence-electron chi connectivity index (χ1n) is 9.99. The van der Waals surface area contributed by atoms with Gasteiger partial charge in [-0.25, -0.2) is 9.59 Å². The Morgan fingerprint density at radius 2 is 1.60 bits per heavy atom. The van der Waals surface area contributed by atoms with E-state index in [1.807, 2.05) is 0 Å². The zero-order valence-corrected chi connectivity index (χ0v) is 20.4. The predicted molar refractivity (Wildman–Crippen MR) is 135 cm³/mol. The number of carbonyl (C=O) groups excluding carboxylic acids is 2. The van der Waals surface area contributed by atoms with Crippen LogP contribution >= 0.6 is 35.0 Å². The third-order valence-corrected chi connectivity index (χ3v) is 6.36. The van der Waals surface area contributed by atoms with E-state index < -0.39 is 28.7 Å². The molecule has 0 aliphatic heterocycles. The summed E-state index contributed by atoms with van der Waals surface area (Å²) in [6, 6.07) is 14.6. The van der Waals surface area contributed by atoms with Crippen molar-refractivity contribution in [3.8, 4) is 0 Å². The Morgan fingerprint density at radius 1 is 0.857 bits per heavy atom. The van der Waals surface area contributed by atoms with Gasteiger partial charge in [0.05, 0.1) is 32.7 Å². The topological polar surface area (TPSA) is 133 Å². The summed E-state index contributed by atoms with van der Waals surface area (Å²) < 4.78 is 0. The number of hydrogen-bond donors (Lipinski definition) is 4. The Bertz CT molecular complexity index is 1330. The molecule has 3 rings (SSSR count). The van der Waals surface area contributed by atoms with Crippen LogP contribution < -0.4 is 10.6 Å². The SMILES string of the molecule is CC(Sc1cccc(NC(=O)c2ccc(C(=O)O)cc2C(=O)O)c1)C(=O)Nc1cc(Cl)ccc1Cl. The van der Waals surface area contributed by atoms with Crippen LogP contribution in [0.15, 0.2) is 65.6 Å². The maximum absolute atomic E-state index is 12.7. The van der Waals surface area contributed by atoms with Crippen molar-refractivity contribution in [3.05, 3.63) is 87.4 Å². The number of carbonyl (C=O) groups is 4. The number of benzene rings is 3. The van der Waals surface area contributed by atoms with Gasteiger partial charge < -0.3 is 20.8 Å². The summed E-state index contributed by atoms with van der Waals surface area (Å²) in [6.07, 6.45) is 0. The Morgan fingerprint density at radius 3 is 2.29 bits per heavy atom. The number of aromatic carboxylic acids is 2. The van der Waals surface area contributed by atoms with Crippen molar-refractivity contribution in [3.63, 3.8) is 0 Å². The summed E-state index contributed by atoms with van der Waals surface area (Å²) in [5.74, 6) is -3.76. The molecule has 0 spiro atoms. The monoisotopic (exact) mass is 532 g/mol. The highest BCUT2D eigenvalue weighted by Crippen LogP contribution is 2.29. The number of nitrogens with one attached hydrogen (secondary N) is 2. The number of rotatable bonds is 8. The van der Waals surface area contributed by atoms with Crippen LogP contribution in [0.5, 0.6) is 0 Å². The highest BCUT2D eigenvalue weighted by molar-refractivity contribution is 8.00. The highest BCUT2D eigenvalue weighted by atomic mass is 35.5. The van der Waals surface area contributed by atoms with Gasteiger partial charge >= 0.3 is 11.9 Å². The number of carboxylic acids is 2. The fourth-order valence-electron chi connectivity index (χ4n) is 2.98. The second kappa shape index (κ2) is 11.3. The Hall–Kier alpha value is -3.53. The smallest absolute Gasteiger partial charge is 0.336 e. The van der Waals surface area contributed by atoms with Crippen LogP contribution in [0.2, 0.25) is 10.0 Å². The standard InChI is InChI=1S/C24H18Cl2N2O6S/c1-12(21(29)28-20-10-14(25)6-8-19(20)26)35-16-4-2-3-15(11-16)27-22(30)17-7-5-13(23(31)32)9-18(17)24(33)34/h2-12H,1H3,(H,27,30)(H,28,29)(H,31,32)(H,33,34). The highest BCUT2D eigenvalue weighted by Gasteiger charge is 2.20. The van der Waals surface area contributed by atoms with Crippen LogP contribution in [0.1, 0.15) is 38.0 Å². The molecule has 3 aromatic rings. The van der Waals surface area contributed by atoms with Gasteiger partial charge in [-0.1, -0.05) is 29.3 Å². The Labute approximate surface area is 214 Å². The lowest BCUT2D eigenvalue weighted by Crippen LogP contribution is -2.22. The lowest BCUT2D eigenvalue weighted by molar-refractivity contribution is -0.115. The van der Waals surface area contributed by atoms with E-state index in [0.29, 0.717) is 26.3 Å². The van der Waals surface area contributed by atoms with Crippen molar-refractivity contribution in [1.82, 2.24) is 0 Å². The summed E-state index contributed by atoms with van der Waals surface area (Å²) in [4.78, 5) is 48.6. The molecule has 1 atom stereocenters. The van der Waals surface area contributed by atoms with E-state index in [0.717, 1.165) is 18.2 Å². The molecule has 35 heavy (non-hydrogen) atoms. The van der Waals surface area contributed by atoms with Crippen LogP contribution in [0.3, 0.4) is 0 Å². The summed E-state index contributed by atoms with van der Waals surface area (Å²) in [6.45, 7) is 1.70. The van der Waals surface area contributed by atoms with E-state index in [1.54, 1.807) is 49.4 Å². The molecule has 11 heteroatoms. The Balaban J connectivity index is 1.72. The molecule has 0 aliphatic carbocycles. The molecule has 3 aromatic carbocycles. The van der Waals surface area contributed by atoms with Gasteiger partial charge in [0.2, 0.25) is 5.91 Å². The summed E-state index contributed by atoms with van der Waals surface area (Å²) in [7, 11) is 0. The van der Waals surface area contributed by atoms with E-state index in [4.69, 9.17) is 28.3 Å². The molecule has 180 valence electrons. The first kappa shape index (κ1) is 26.1. The van der Waals surface area contributed by atoms with Crippen molar-refractivity contribution in [2.24, 2.45) is 0 Å². The van der Waals surface area contributed by atoms with Crippen LogP contribution in [0, 0.1) is 0 Å². The molecule has 0 fully saturated rings. The predicted octanol–water partition coefficient (Wildman–Crippen LogP) is 5.76. The molecule has 1 unspecified atom stereocenters. The van der Waals surface area contributed by atoms with Crippen molar-refractivity contribution in [1.29, 1.82) is 0 Å². The maximum Gasteiger partial charge on any atom is 0.336 e. The van der Waals surface area contributed by atoms with Gasteiger partial charge in [0.15, 0.2) is 0 Å². The Kier molecular flexibility index (Phi) is 8.39. The molecular weight excluding hydrogens is 515 g/mol. The molecule has 0 aliphatic rings. The van der Waals surface area contributed by atoms with Crippen molar-refractivity contribution in [2.75, 3.05) is 10.6 Å². The lowest BCUT2D eigenvalue weighted by Gasteiger charge is -2.14. The third-order valence-electron chi connectivity index (χ3n) is 4.70. The normalized spacial score (nSPS) is 11.4. The van der Waals surface area contributed by atoms with Crippen molar-refractivity contribution in [2.45, 2.75) is 17.1 Å². The van der Waals surface area contributed by atoms with Crippen LogP contribution in [0.4, 0.5) is 11.4 Å². The van der Waals surface area contributed by atoms with Crippen LogP contribution in [-0.2, 0) is 4.79 Å². The maximum atomic E-state index is 12.7. The van der Waals surface area contributed by atoms with E-state index >= 15 is 0 Å². The van der Waals surface area contributed by atoms with Crippen LogP contribution in [0.25, 0.3) is 0 Å². The molecule has 0 radical (unpaired) electrons. The van der Waals surface area contributed by atoms with Gasteiger partial charge in [0.1, 0.15) is 0 Å². The molecule has 0 bridgehead atoms. The molecule has 2 amide bonds. The summed E-state index contributed by atoms with van der Waals surface area (Å²) >= 11 is 13.3. The number of halogens is 2. The average Bonchev–Trinajstić information content (AvgIpc) is 2.81. The zero-order chi connectivity index (χ0) is 25.7. The second-order valence-corrected chi connectivity index (χ2v) is 9.48. The van der Waals surface area contributed by atoms with E-state index in [2.05, 4.69) is 10.6 Å². The van der Waals surface area contributed by atoms with E-state index in [1.165, 1.54) is 11.8 Å². The van der Waals surface area contributed by atoms with E-state index in [9.17, 15) is 24.3 Å². The molecule has 0 heterocycles. The zero-order valence-electron chi connectivity index (χ0n) is 18.0. The number of carboxylic acid groups (broad SMARTS) is 2. The van der Waals surface area contributed by atoms with Gasteiger partial charge in [-0.2, -0.15) is 0 Å². The third kappa shape index (κ3) is 6.75. The first-order valence-corrected chi connectivity index (χ1v) is 11.6. The van der Waals surface area contributed by atoms with Gasteiger partial charge in [-0.05, 0) is 61.5 Å². The molecule has 4 N–H and O–H groups in total. The molecule has 0 saturated carbocycles. The van der Waals surface area contributed by atoms with Gasteiger partial charge in [-0.15, -0.1) is 11.8 Å². The van der Waals surface area contributed by atoms with E-state index in [-0.39, 0.29) is 17.0 Å². The summed E-state index contributed by atoms with van der Waals surface area (Å²) in [5, 5.41) is 24.0. The van der Waals surface area contributed by atoms with Gasteiger partial charge in [-0.3, -0.25) is 9.59 Å². The van der Waals surface area contributed by atoms with Gasteiger partial charge in [0.25, 0.3) is 5.91 Å². The average molecular weight is 533 g/mol. The molecule has 0 saturated heterocycles. The second-order valence-electron chi connectivity index (χ2n) is 7.23. The minimum Gasteiger partial charge on any atom is -0.478 e. The largest absolute Gasteiger partial charge is 0.478 e. The lowest BCUT2D eigenvalue weighted by atomic mass is 10.0. The number of hydrogen-bond acceptors (Lipinski definition) is 5. The van der Waals surface area contributed by atoms with Gasteiger partial charge in [0, 0.05) is 15.6 Å². The fourth-order valence-corrected chi connectivity index (χ4v) is 4.25. The number of anilines is 2. The first-order chi connectivity index (χ1) is 16.5. The van der Waals surface area contributed by atoms with Crippen molar-refractivity contribution < 1.29 is 29.4 Å². The van der Waals surface area contributed by atoms with Crippen molar-refractivity contribution >= 4 is 70.1 Å². The fraction of sp³-hybridized carbons (Fsp3) is 0.0833. The molecular formula is C24H18Cl2N2O6S. The quantitative estimate of drug-likeness (QED) is 0.271. The minimum atomic E-state index is -1.43. The number of amides is 2.